The summed E-state index contributed by atoms with van der Waals surface area (Å²) in [6, 6.07) is 15.8. The summed E-state index contributed by atoms with van der Waals surface area (Å²) in [4.78, 5) is 6.95. The van der Waals surface area contributed by atoms with Gasteiger partial charge in [0.1, 0.15) is 11.6 Å². The molecule has 0 saturated carbocycles. The van der Waals surface area contributed by atoms with E-state index in [1.165, 1.54) is 6.07 Å². The molecule has 0 aliphatic carbocycles. The van der Waals surface area contributed by atoms with Crippen LogP contribution in [-0.4, -0.2) is 44.2 Å². The van der Waals surface area contributed by atoms with Crippen molar-refractivity contribution in [2.45, 2.75) is 25.1 Å². The van der Waals surface area contributed by atoms with Crippen LogP contribution >= 0.6 is 25.2 Å². The zero-order valence-corrected chi connectivity index (χ0v) is 22.3. The first-order valence-electron chi connectivity index (χ1n) is 11.8. The molecule has 1 aliphatic heterocycles. The number of alkyl halides is 2. The van der Waals surface area contributed by atoms with Gasteiger partial charge in [-0.1, -0.05) is 45.6 Å². The van der Waals surface area contributed by atoms with E-state index < -0.39 is 5.66 Å². The standard InChI is InChI=1S/C26H27BrF2N5OP/c27-21-14-31-34-24(12-22(32-25(21)34)19-8-2-4-10-23(19)35)30-13-17-6-5-11-33(15-17)16-18-7-1-3-9-20(18)26(28,29)36/h1-4,7-10,12,14,17,30,35H,5-6,11,13,15-16,36H2. The Morgan fingerprint density at radius 1 is 1.17 bits per heavy atom. The number of nitrogens with one attached hydrogen (secondary N) is 1. The number of hydrogen-bond donors (Lipinski definition) is 2. The summed E-state index contributed by atoms with van der Waals surface area (Å²) >= 11 is 3.52. The smallest absolute Gasteiger partial charge is 0.284 e. The van der Waals surface area contributed by atoms with Crippen LogP contribution < -0.4 is 5.32 Å². The average molecular weight is 574 g/mol. The summed E-state index contributed by atoms with van der Waals surface area (Å²) < 4.78 is 30.6. The van der Waals surface area contributed by atoms with Gasteiger partial charge in [-0.25, -0.2) is 4.98 Å². The van der Waals surface area contributed by atoms with E-state index in [4.69, 9.17) is 4.98 Å². The SMILES string of the molecule is Oc1ccccc1-c1cc(NCC2CCCN(Cc3ccccc3C(F)(F)P)C2)n2ncc(Br)c2n1. The quantitative estimate of drug-likeness (QED) is 0.261. The predicted molar refractivity (Wildman–Crippen MR) is 144 cm³/mol. The van der Waals surface area contributed by atoms with Gasteiger partial charge in [0.25, 0.3) is 5.66 Å². The van der Waals surface area contributed by atoms with Crippen molar-refractivity contribution in [2.75, 3.05) is 25.0 Å². The number of nitrogens with zero attached hydrogens (tertiary/aromatic N) is 4. The molecular formula is C26H27BrF2N5OP. The lowest BCUT2D eigenvalue weighted by Crippen LogP contribution is -2.38. The van der Waals surface area contributed by atoms with Crippen molar-refractivity contribution < 1.29 is 13.9 Å². The molecule has 2 atom stereocenters. The predicted octanol–water partition coefficient (Wildman–Crippen LogP) is 6.11. The third-order valence-electron chi connectivity index (χ3n) is 6.55. The summed E-state index contributed by atoms with van der Waals surface area (Å²) in [5.74, 6) is 1.28. The van der Waals surface area contributed by atoms with Crippen LogP contribution in [0.25, 0.3) is 16.9 Å². The lowest BCUT2D eigenvalue weighted by Gasteiger charge is -2.33. The van der Waals surface area contributed by atoms with Crippen molar-refractivity contribution in [2.24, 2.45) is 5.92 Å². The van der Waals surface area contributed by atoms with Crippen LogP contribution in [-0.2, 0) is 12.2 Å². The summed E-state index contributed by atoms with van der Waals surface area (Å²) in [6.45, 7) is 2.90. The number of fused-ring (bicyclic) bond motifs is 1. The molecule has 6 nitrogen and oxygen atoms in total. The fourth-order valence-electron chi connectivity index (χ4n) is 4.82. The van der Waals surface area contributed by atoms with Gasteiger partial charge in [-0.05, 0) is 58.9 Å². The molecule has 2 unspecified atom stereocenters. The highest BCUT2D eigenvalue weighted by Gasteiger charge is 2.29. The second kappa shape index (κ2) is 10.4. The van der Waals surface area contributed by atoms with Gasteiger partial charge in [0, 0.05) is 36.8 Å². The van der Waals surface area contributed by atoms with E-state index in [9.17, 15) is 13.9 Å². The summed E-state index contributed by atoms with van der Waals surface area (Å²) in [5.41, 5.74) is -0.276. The number of halogens is 3. The zero-order chi connectivity index (χ0) is 25.3. The summed E-state index contributed by atoms with van der Waals surface area (Å²) in [6.07, 6.45) is 3.76. The van der Waals surface area contributed by atoms with Gasteiger partial charge in [-0.15, -0.1) is 0 Å². The average Bonchev–Trinajstić information content (AvgIpc) is 3.23. The number of hydrogen-bond acceptors (Lipinski definition) is 5. The second-order valence-corrected chi connectivity index (χ2v) is 10.8. The van der Waals surface area contributed by atoms with Crippen LogP contribution in [0.4, 0.5) is 14.6 Å². The Balaban J connectivity index is 1.33. The second-order valence-electron chi connectivity index (χ2n) is 9.18. The first-order chi connectivity index (χ1) is 17.3. The highest BCUT2D eigenvalue weighted by Crippen LogP contribution is 2.37. The molecule has 1 fully saturated rings. The Labute approximate surface area is 219 Å². The van der Waals surface area contributed by atoms with Gasteiger partial charge in [0.05, 0.1) is 16.4 Å². The maximum atomic E-state index is 14.1. The molecule has 2 aromatic heterocycles. The highest BCUT2D eigenvalue weighted by atomic mass is 79.9. The number of likely N-dealkylation sites (tertiary alicyclic amines) is 1. The molecular weight excluding hydrogens is 547 g/mol. The Morgan fingerprint density at radius 2 is 1.94 bits per heavy atom. The largest absolute Gasteiger partial charge is 0.507 e. The molecule has 1 saturated heterocycles. The molecule has 5 rings (SSSR count). The van der Waals surface area contributed by atoms with Gasteiger partial charge in [-0.3, -0.25) is 4.90 Å². The number of piperidine rings is 1. The van der Waals surface area contributed by atoms with Crippen LogP contribution in [0, 0.1) is 5.92 Å². The lowest BCUT2D eigenvalue weighted by atomic mass is 9.97. The molecule has 188 valence electrons. The van der Waals surface area contributed by atoms with E-state index in [0.29, 0.717) is 41.5 Å². The molecule has 0 amide bonds. The molecule has 36 heavy (non-hydrogen) atoms. The number of phenolic OH excluding ortho intramolecular Hbond substituents is 1. The normalized spacial score (nSPS) is 16.9. The highest BCUT2D eigenvalue weighted by molar-refractivity contribution is 9.10. The maximum absolute atomic E-state index is 14.1. The molecule has 4 aromatic rings. The third kappa shape index (κ3) is 5.38. The molecule has 0 radical (unpaired) electrons. The number of anilines is 1. The van der Waals surface area contributed by atoms with Crippen LogP contribution in [0.2, 0.25) is 0 Å². The van der Waals surface area contributed by atoms with Crippen LogP contribution in [0.3, 0.4) is 0 Å². The van der Waals surface area contributed by atoms with E-state index in [-0.39, 0.29) is 11.3 Å². The van der Waals surface area contributed by atoms with Crippen molar-refractivity contribution >= 4 is 36.6 Å². The molecule has 0 bridgehead atoms. The topological polar surface area (TPSA) is 65.7 Å². The third-order valence-corrected chi connectivity index (χ3v) is 7.42. The molecule has 2 aromatic carbocycles. The van der Waals surface area contributed by atoms with Crippen LogP contribution in [0.1, 0.15) is 24.0 Å². The van der Waals surface area contributed by atoms with Gasteiger partial charge in [0.15, 0.2) is 5.65 Å². The Morgan fingerprint density at radius 3 is 2.75 bits per heavy atom. The molecule has 10 heteroatoms. The van der Waals surface area contributed by atoms with Crippen molar-refractivity contribution in [3.8, 4) is 17.0 Å². The number of benzene rings is 2. The Bertz CT molecular complexity index is 1380. The maximum Gasteiger partial charge on any atom is 0.284 e. The fraction of sp³-hybridized carbons (Fsp3) is 0.308. The lowest BCUT2D eigenvalue weighted by molar-refractivity contribution is 0.100. The first-order valence-corrected chi connectivity index (χ1v) is 13.2. The monoisotopic (exact) mass is 573 g/mol. The minimum Gasteiger partial charge on any atom is -0.507 e. The van der Waals surface area contributed by atoms with E-state index in [1.807, 2.05) is 24.3 Å². The van der Waals surface area contributed by atoms with Gasteiger partial charge < -0.3 is 10.4 Å². The molecule has 2 N–H and O–H groups in total. The first kappa shape index (κ1) is 25.1. The number of para-hydroxylation sites is 1. The summed E-state index contributed by atoms with van der Waals surface area (Å²) in [5, 5.41) is 18.3. The number of aromatic hydroxyl groups is 1. The van der Waals surface area contributed by atoms with Crippen molar-refractivity contribution in [1.82, 2.24) is 19.5 Å². The number of phenols is 1. The van der Waals surface area contributed by atoms with E-state index in [1.54, 1.807) is 44.2 Å². The van der Waals surface area contributed by atoms with Gasteiger partial charge in [-0.2, -0.15) is 18.4 Å². The van der Waals surface area contributed by atoms with Crippen molar-refractivity contribution in [3.05, 3.63) is 76.4 Å². The Kier molecular flexibility index (Phi) is 7.24. The van der Waals surface area contributed by atoms with E-state index in [2.05, 4.69) is 31.2 Å². The number of rotatable bonds is 7. The summed E-state index contributed by atoms with van der Waals surface area (Å²) in [7, 11) is 1.65. The fourth-order valence-corrected chi connectivity index (χ4v) is 5.45. The molecule has 3 heterocycles. The molecule has 0 spiro atoms. The minimum atomic E-state index is -2.94. The minimum absolute atomic E-state index is 0.0652. The van der Waals surface area contributed by atoms with Crippen molar-refractivity contribution in [1.29, 1.82) is 0 Å². The number of aromatic nitrogens is 3. The van der Waals surface area contributed by atoms with Gasteiger partial charge >= 0.3 is 0 Å². The van der Waals surface area contributed by atoms with Crippen LogP contribution in [0.15, 0.2) is 65.3 Å². The Hall–Kier alpha value is -2.61. The van der Waals surface area contributed by atoms with E-state index >= 15 is 0 Å². The van der Waals surface area contributed by atoms with Crippen molar-refractivity contribution in [3.63, 3.8) is 0 Å². The van der Waals surface area contributed by atoms with Gasteiger partial charge in [0.2, 0.25) is 0 Å². The van der Waals surface area contributed by atoms with E-state index in [0.717, 1.165) is 36.2 Å². The molecule has 1 aliphatic rings. The van der Waals surface area contributed by atoms with Crippen LogP contribution in [0.5, 0.6) is 5.75 Å². The zero-order valence-electron chi connectivity index (χ0n) is 19.5.